The Morgan fingerprint density at radius 1 is 1.35 bits per heavy atom. The maximum Gasteiger partial charge on any atom is 0.228 e. The molecule has 1 aromatic carbocycles. The summed E-state index contributed by atoms with van der Waals surface area (Å²) in [6.45, 7) is 2.77. The number of nitrogens with zero attached hydrogens (tertiary/aromatic N) is 1. The number of carbonyl (C=O) groups excluding carboxylic acids is 1. The number of hydrogen-bond acceptors (Lipinski definition) is 3. The van der Waals surface area contributed by atoms with Gasteiger partial charge in [-0.05, 0) is 57.1 Å². The Bertz CT molecular complexity index is 614. The van der Waals surface area contributed by atoms with Crippen LogP contribution in [0.3, 0.4) is 0 Å². The molecule has 0 aromatic heterocycles. The van der Waals surface area contributed by atoms with E-state index in [-0.39, 0.29) is 42.0 Å². The minimum atomic E-state index is -0.231. The fourth-order valence-electron chi connectivity index (χ4n) is 4.25. The third-order valence-electron chi connectivity index (χ3n) is 5.54. The standard InChI is InChI=1S/C19H28FN3O.2ClH/c1-23(2)12-15-9-14(6-7-17(15)20)10-22-18(24)19-8-4-3-5-16(19)11-21-13-19;;/h6-7,9,16,21H,3-5,8,10-13H2,1-2H3,(H,22,24);2*1H/t16-,19+;;/m0../s1. The molecule has 2 N–H and O–H groups in total. The first-order chi connectivity index (χ1) is 11.5. The second-order valence-corrected chi connectivity index (χ2v) is 7.58. The first-order valence-electron chi connectivity index (χ1n) is 8.92. The van der Waals surface area contributed by atoms with Crippen LogP contribution in [0.5, 0.6) is 0 Å². The smallest absolute Gasteiger partial charge is 0.228 e. The highest BCUT2D eigenvalue weighted by Crippen LogP contribution is 2.43. The number of amides is 1. The topological polar surface area (TPSA) is 44.4 Å². The Kier molecular flexibility index (Phi) is 8.80. The molecule has 1 aliphatic heterocycles. The number of nitrogens with one attached hydrogen (secondary N) is 2. The predicted molar refractivity (Wildman–Crippen MR) is 107 cm³/mol. The molecular formula is C19H30Cl2FN3O. The molecule has 2 fully saturated rings. The number of carbonyl (C=O) groups is 1. The van der Waals surface area contributed by atoms with E-state index in [9.17, 15) is 9.18 Å². The van der Waals surface area contributed by atoms with Crippen molar-refractivity contribution in [3.05, 3.63) is 35.1 Å². The highest BCUT2D eigenvalue weighted by molar-refractivity contribution is 5.85. The summed E-state index contributed by atoms with van der Waals surface area (Å²) in [5.74, 6) is 0.434. The van der Waals surface area contributed by atoms with Crippen LogP contribution < -0.4 is 10.6 Å². The van der Waals surface area contributed by atoms with Crippen molar-refractivity contribution in [3.8, 4) is 0 Å². The first-order valence-corrected chi connectivity index (χ1v) is 8.92. The molecule has 0 bridgehead atoms. The summed E-state index contributed by atoms with van der Waals surface area (Å²) in [7, 11) is 3.84. The van der Waals surface area contributed by atoms with Crippen LogP contribution in [0.25, 0.3) is 0 Å². The molecule has 1 aliphatic carbocycles. The van der Waals surface area contributed by atoms with E-state index in [2.05, 4.69) is 10.6 Å². The maximum atomic E-state index is 13.9. The second kappa shape index (κ2) is 9.88. The summed E-state index contributed by atoms with van der Waals surface area (Å²) in [5.41, 5.74) is 1.39. The monoisotopic (exact) mass is 405 g/mol. The Morgan fingerprint density at radius 2 is 2.12 bits per heavy atom. The van der Waals surface area contributed by atoms with Crippen molar-refractivity contribution >= 4 is 30.7 Å². The SMILES string of the molecule is CN(C)Cc1cc(CNC(=O)[C@@]23CCCC[C@H]2CNC3)ccc1F.Cl.Cl. The lowest BCUT2D eigenvalue weighted by Crippen LogP contribution is -2.47. The van der Waals surface area contributed by atoms with Crippen molar-refractivity contribution in [2.45, 2.75) is 38.8 Å². The normalized spacial score (nSPS) is 24.4. The van der Waals surface area contributed by atoms with E-state index in [4.69, 9.17) is 0 Å². The highest BCUT2D eigenvalue weighted by atomic mass is 35.5. The van der Waals surface area contributed by atoms with E-state index in [0.717, 1.165) is 37.9 Å². The average molecular weight is 406 g/mol. The van der Waals surface area contributed by atoms with Crippen molar-refractivity contribution in [2.75, 3.05) is 27.2 Å². The summed E-state index contributed by atoms with van der Waals surface area (Å²) in [5, 5.41) is 6.52. The molecule has 2 atom stereocenters. The zero-order chi connectivity index (χ0) is 17.2. The van der Waals surface area contributed by atoms with Crippen LogP contribution in [-0.4, -0.2) is 38.0 Å². The van der Waals surface area contributed by atoms with Crippen LogP contribution >= 0.6 is 24.8 Å². The zero-order valence-electron chi connectivity index (χ0n) is 15.5. The Balaban J connectivity index is 0.00000169. The van der Waals surface area contributed by atoms with Gasteiger partial charge in [-0.2, -0.15) is 0 Å². The summed E-state index contributed by atoms with van der Waals surface area (Å²) in [6.07, 6.45) is 4.48. The fourth-order valence-corrected chi connectivity index (χ4v) is 4.25. The van der Waals surface area contributed by atoms with Crippen molar-refractivity contribution in [1.82, 2.24) is 15.5 Å². The van der Waals surface area contributed by atoms with Crippen molar-refractivity contribution in [3.63, 3.8) is 0 Å². The van der Waals surface area contributed by atoms with Crippen molar-refractivity contribution in [2.24, 2.45) is 11.3 Å². The third-order valence-corrected chi connectivity index (χ3v) is 5.54. The van der Waals surface area contributed by atoms with E-state index in [1.807, 2.05) is 25.1 Å². The summed E-state index contributed by atoms with van der Waals surface area (Å²) in [6, 6.07) is 5.12. The molecule has 1 aromatic rings. The molecule has 1 heterocycles. The molecule has 0 unspecified atom stereocenters. The van der Waals surface area contributed by atoms with Gasteiger partial charge in [0.05, 0.1) is 5.41 Å². The zero-order valence-corrected chi connectivity index (χ0v) is 17.1. The van der Waals surface area contributed by atoms with Gasteiger partial charge >= 0.3 is 0 Å². The summed E-state index contributed by atoms with van der Waals surface area (Å²) in [4.78, 5) is 14.8. The van der Waals surface area contributed by atoms with Gasteiger partial charge in [-0.15, -0.1) is 24.8 Å². The van der Waals surface area contributed by atoms with E-state index >= 15 is 0 Å². The number of benzene rings is 1. The number of fused-ring (bicyclic) bond motifs is 1. The Labute approximate surface area is 168 Å². The second-order valence-electron chi connectivity index (χ2n) is 7.58. The minimum Gasteiger partial charge on any atom is -0.351 e. The molecule has 3 rings (SSSR count). The minimum absolute atomic E-state index is 0. The molecule has 1 saturated heterocycles. The molecule has 1 saturated carbocycles. The van der Waals surface area contributed by atoms with Crippen molar-refractivity contribution in [1.29, 1.82) is 0 Å². The van der Waals surface area contributed by atoms with E-state index in [0.29, 0.717) is 24.6 Å². The van der Waals surface area contributed by atoms with Gasteiger partial charge in [0.2, 0.25) is 5.91 Å². The van der Waals surface area contributed by atoms with E-state index in [1.54, 1.807) is 6.07 Å². The van der Waals surface area contributed by atoms with Crippen molar-refractivity contribution < 1.29 is 9.18 Å². The molecule has 148 valence electrons. The van der Waals surface area contributed by atoms with E-state index < -0.39 is 0 Å². The molecule has 4 nitrogen and oxygen atoms in total. The van der Waals surface area contributed by atoms with Crippen LogP contribution in [0.15, 0.2) is 18.2 Å². The number of halogens is 3. The van der Waals surface area contributed by atoms with Crippen LogP contribution in [0.1, 0.15) is 36.8 Å². The van der Waals surface area contributed by atoms with Gasteiger partial charge in [-0.3, -0.25) is 4.79 Å². The highest BCUT2D eigenvalue weighted by Gasteiger charge is 2.49. The van der Waals surface area contributed by atoms with Gasteiger partial charge in [0, 0.05) is 25.2 Å². The van der Waals surface area contributed by atoms with Crippen LogP contribution in [0.2, 0.25) is 0 Å². The van der Waals surface area contributed by atoms with Gasteiger partial charge < -0.3 is 15.5 Å². The van der Waals surface area contributed by atoms with Gasteiger partial charge in [0.25, 0.3) is 0 Å². The molecule has 26 heavy (non-hydrogen) atoms. The average Bonchev–Trinajstić information content (AvgIpc) is 3.00. The quantitative estimate of drug-likeness (QED) is 0.790. The van der Waals surface area contributed by atoms with E-state index in [1.165, 1.54) is 12.5 Å². The van der Waals surface area contributed by atoms with Gasteiger partial charge in [-0.25, -0.2) is 4.39 Å². The molecular weight excluding hydrogens is 376 g/mol. The molecule has 7 heteroatoms. The molecule has 0 radical (unpaired) electrons. The molecule has 1 amide bonds. The van der Waals surface area contributed by atoms with Crippen LogP contribution in [-0.2, 0) is 17.9 Å². The molecule has 0 spiro atoms. The fraction of sp³-hybridized carbons (Fsp3) is 0.632. The first kappa shape index (κ1) is 23.2. The van der Waals surface area contributed by atoms with Crippen LogP contribution in [0, 0.1) is 17.2 Å². The Morgan fingerprint density at radius 3 is 2.85 bits per heavy atom. The lowest BCUT2D eigenvalue weighted by molar-refractivity contribution is -0.134. The number of hydrogen-bond donors (Lipinski definition) is 2. The molecule has 2 aliphatic rings. The van der Waals surface area contributed by atoms with Gasteiger partial charge in [-0.1, -0.05) is 18.9 Å². The predicted octanol–water partition coefficient (Wildman–Crippen LogP) is 3.13. The largest absolute Gasteiger partial charge is 0.351 e. The lowest BCUT2D eigenvalue weighted by atomic mass is 9.67. The van der Waals surface area contributed by atoms with Crippen LogP contribution in [0.4, 0.5) is 4.39 Å². The van der Waals surface area contributed by atoms with Gasteiger partial charge in [0.15, 0.2) is 0 Å². The third kappa shape index (κ3) is 4.89. The lowest BCUT2D eigenvalue weighted by Gasteiger charge is -2.37. The Hall–Kier alpha value is -0.880. The maximum absolute atomic E-state index is 13.9. The summed E-state index contributed by atoms with van der Waals surface area (Å²) >= 11 is 0. The summed E-state index contributed by atoms with van der Waals surface area (Å²) < 4.78 is 13.9. The number of rotatable bonds is 5. The van der Waals surface area contributed by atoms with Gasteiger partial charge in [0.1, 0.15) is 5.82 Å².